The highest BCUT2D eigenvalue weighted by Crippen LogP contribution is 2.32. The van der Waals surface area contributed by atoms with Gasteiger partial charge in [-0.1, -0.05) is 28.8 Å². The lowest BCUT2D eigenvalue weighted by molar-refractivity contribution is 0.0907. The molecule has 1 amide bonds. The van der Waals surface area contributed by atoms with Crippen LogP contribution in [0.5, 0.6) is 11.5 Å². The highest BCUT2D eigenvalue weighted by atomic mass is 79.9. The minimum atomic E-state index is -0.252. The Kier molecular flexibility index (Phi) is 4.34. The van der Waals surface area contributed by atoms with Crippen LogP contribution in [0.2, 0.25) is 0 Å². The Labute approximate surface area is 121 Å². The molecular formula is C14H18BrNO3. The highest BCUT2D eigenvalue weighted by molar-refractivity contribution is 9.09. The number of carbonyl (C=O) groups excluding carboxylic acids is 1. The van der Waals surface area contributed by atoms with Crippen molar-refractivity contribution in [3.63, 3.8) is 0 Å². The molecule has 0 saturated heterocycles. The Hall–Kier alpha value is -1.23. The number of methoxy groups -OCH3 is 1. The van der Waals surface area contributed by atoms with Crippen LogP contribution in [0, 0.1) is 0 Å². The molecule has 104 valence electrons. The summed E-state index contributed by atoms with van der Waals surface area (Å²) < 4.78 is 5.08. The van der Waals surface area contributed by atoms with Crippen molar-refractivity contribution >= 4 is 21.8 Å². The lowest BCUT2D eigenvalue weighted by atomic mass is 9.99. The molecule has 0 heterocycles. The van der Waals surface area contributed by atoms with Gasteiger partial charge in [0.25, 0.3) is 5.91 Å². The molecule has 0 aliphatic heterocycles. The van der Waals surface area contributed by atoms with Gasteiger partial charge in [0.05, 0.1) is 18.2 Å². The second-order valence-corrected chi connectivity index (χ2v) is 5.52. The van der Waals surface area contributed by atoms with E-state index in [1.54, 1.807) is 12.1 Å². The number of rotatable bonds is 4. The van der Waals surface area contributed by atoms with Gasteiger partial charge in [0, 0.05) is 5.33 Å². The number of hydrogen-bond acceptors (Lipinski definition) is 3. The number of hydrogen-bond donors (Lipinski definition) is 2. The summed E-state index contributed by atoms with van der Waals surface area (Å²) >= 11 is 3.48. The zero-order valence-corrected chi connectivity index (χ0v) is 12.5. The third-order valence-corrected chi connectivity index (χ3v) is 4.72. The second kappa shape index (κ2) is 5.82. The smallest absolute Gasteiger partial charge is 0.255 e. The molecule has 1 aliphatic rings. The molecule has 1 saturated carbocycles. The number of benzene rings is 1. The number of amides is 1. The van der Waals surface area contributed by atoms with E-state index in [0.29, 0.717) is 5.75 Å². The number of nitrogens with one attached hydrogen (secondary N) is 1. The first-order valence-electron chi connectivity index (χ1n) is 6.36. The van der Waals surface area contributed by atoms with Gasteiger partial charge in [0.15, 0.2) is 0 Å². The average Bonchev–Trinajstić information content (AvgIpc) is 2.88. The molecule has 0 bridgehead atoms. The quantitative estimate of drug-likeness (QED) is 0.836. The summed E-state index contributed by atoms with van der Waals surface area (Å²) in [6, 6.07) is 4.66. The number of phenolic OH excluding ortho intramolecular Hbond substituents is 1. The lowest BCUT2D eigenvalue weighted by Gasteiger charge is -2.28. The first-order chi connectivity index (χ1) is 9.10. The molecule has 4 nitrogen and oxygen atoms in total. The fourth-order valence-corrected chi connectivity index (χ4v) is 3.18. The van der Waals surface area contributed by atoms with Crippen molar-refractivity contribution in [2.45, 2.75) is 31.2 Å². The number of aromatic hydroxyl groups is 1. The van der Waals surface area contributed by atoms with Gasteiger partial charge in [0.2, 0.25) is 0 Å². The Morgan fingerprint density at radius 1 is 1.47 bits per heavy atom. The molecule has 0 radical (unpaired) electrons. The van der Waals surface area contributed by atoms with Crippen molar-refractivity contribution in [2.24, 2.45) is 0 Å². The van der Waals surface area contributed by atoms with Crippen LogP contribution < -0.4 is 10.1 Å². The summed E-state index contributed by atoms with van der Waals surface area (Å²) in [5.74, 6) is 0.279. The molecule has 0 atom stereocenters. The molecule has 0 spiro atoms. The highest BCUT2D eigenvalue weighted by Gasteiger charge is 2.34. The maximum absolute atomic E-state index is 12.3. The summed E-state index contributed by atoms with van der Waals surface area (Å²) in [4.78, 5) is 12.3. The van der Waals surface area contributed by atoms with Crippen LogP contribution in [0.1, 0.15) is 36.0 Å². The summed E-state index contributed by atoms with van der Waals surface area (Å²) in [6.45, 7) is 0. The third kappa shape index (κ3) is 3.03. The van der Waals surface area contributed by atoms with E-state index >= 15 is 0 Å². The SMILES string of the molecule is COc1ccc(O)c(C(=O)NC2(CBr)CCCC2)c1. The fourth-order valence-electron chi connectivity index (χ4n) is 2.48. The van der Waals surface area contributed by atoms with E-state index in [2.05, 4.69) is 21.2 Å². The van der Waals surface area contributed by atoms with E-state index in [-0.39, 0.29) is 22.8 Å². The van der Waals surface area contributed by atoms with Crippen molar-refractivity contribution < 1.29 is 14.6 Å². The minimum absolute atomic E-state index is 0.0268. The largest absolute Gasteiger partial charge is 0.507 e. The van der Waals surface area contributed by atoms with Crippen molar-refractivity contribution in [2.75, 3.05) is 12.4 Å². The van der Waals surface area contributed by atoms with Crippen LogP contribution in [-0.4, -0.2) is 29.0 Å². The maximum Gasteiger partial charge on any atom is 0.255 e. The van der Waals surface area contributed by atoms with Gasteiger partial charge in [-0.05, 0) is 31.0 Å². The van der Waals surface area contributed by atoms with Crippen LogP contribution in [0.25, 0.3) is 0 Å². The van der Waals surface area contributed by atoms with Gasteiger partial charge in [-0.25, -0.2) is 0 Å². The van der Waals surface area contributed by atoms with Crippen LogP contribution in [-0.2, 0) is 0 Å². The standard InChI is InChI=1S/C14H18BrNO3/c1-19-10-4-5-12(17)11(8-10)13(18)16-14(9-15)6-2-3-7-14/h4-5,8,17H,2-3,6-7,9H2,1H3,(H,16,18). The van der Waals surface area contributed by atoms with Crippen LogP contribution >= 0.6 is 15.9 Å². The summed E-state index contributed by atoms with van der Waals surface area (Å²) in [5, 5.41) is 13.6. The van der Waals surface area contributed by atoms with E-state index in [1.807, 2.05) is 0 Å². The molecule has 0 aromatic heterocycles. The predicted molar refractivity (Wildman–Crippen MR) is 77.1 cm³/mol. The maximum atomic E-state index is 12.3. The first kappa shape index (κ1) is 14.2. The molecule has 2 N–H and O–H groups in total. The van der Waals surface area contributed by atoms with Crippen LogP contribution in [0.15, 0.2) is 18.2 Å². The number of ether oxygens (including phenoxy) is 1. The molecule has 0 unspecified atom stereocenters. The zero-order valence-electron chi connectivity index (χ0n) is 10.9. The summed E-state index contributed by atoms with van der Waals surface area (Å²) in [6.07, 6.45) is 4.18. The van der Waals surface area contributed by atoms with Gasteiger partial charge < -0.3 is 15.2 Å². The Balaban J connectivity index is 2.19. The second-order valence-electron chi connectivity index (χ2n) is 4.96. The predicted octanol–water partition coefficient (Wildman–Crippen LogP) is 2.84. The van der Waals surface area contributed by atoms with E-state index in [0.717, 1.165) is 31.0 Å². The summed E-state index contributed by atoms with van der Waals surface area (Å²) in [7, 11) is 1.53. The van der Waals surface area contributed by atoms with Crippen LogP contribution in [0.4, 0.5) is 0 Å². The molecule has 5 heteroatoms. The molecule has 1 aromatic carbocycles. The lowest BCUT2D eigenvalue weighted by Crippen LogP contribution is -2.47. The topological polar surface area (TPSA) is 58.6 Å². The molecule has 19 heavy (non-hydrogen) atoms. The van der Waals surface area contributed by atoms with Gasteiger partial charge in [-0.15, -0.1) is 0 Å². The van der Waals surface area contributed by atoms with Crippen LogP contribution in [0.3, 0.4) is 0 Å². The van der Waals surface area contributed by atoms with E-state index in [9.17, 15) is 9.90 Å². The molecular weight excluding hydrogens is 310 g/mol. The van der Waals surface area contributed by atoms with Crippen molar-refractivity contribution in [1.29, 1.82) is 0 Å². The average molecular weight is 328 g/mol. The van der Waals surface area contributed by atoms with Crippen molar-refractivity contribution in [3.8, 4) is 11.5 Å². The zero-order chi connectivity index (χ0) is 13.9. The van der Waals surface area contributed by atoms with E-state index in [4.69, 9.17) is 4.74 Å². The van der Waals surface area contributed by atoms with Gasteiger partial charge in [-0.3, -0.25) is 4.79 Å². The normalized spacial score (nSPS) is 17.2. The summed E-state index contributed by atoms with van der Waals surface area (Å²) in [5.41, 5.74) is 0.0682. The van der Waals surface area contributed by atoms with Gasteiger partial charge >= 0.3 is 0 Å². The first-order valence-corrected chi connectivity index (χ1v) is 7.48. The Morgan fingerprint density at radius 3 is 2.74 bits per heavy atom. The fraction of sp³-hybridized carbons (Fsp3) is 0.500. The van der Waals surface area contributed by atoms with Crippen molar-refractivity contribution in [3.05, 3.63) is 23.8 Å². The Morgan fingerprint density at radius 2 is 2.16 bits per heavy atom. The molecule has 1 aromatic rings. The van der Waals surface area contributed by atoms with E-state index in [1.165, 1.54) is 13.2 Å². The number of phenols is 1. The number of carbonyl (C=O) groups is 1. The molecule has 1 fully saturated rings. The number of halogens is 1. The van der Waals surface area contributed by atoms with E-state index < -0.39 is 0 Å². The monoisotopic (exact) mass is 327 g/mol. The van der Waals surface area contributed by atoms with Gasteiger partial charge in [0.1, 0.15) is 11.5 Å². The van der Waals surface area contributed by atoms with Crippen molar-refractivity contribution in [1.82, 2.24) is 5.32 Å². The Bertz CT molecular complexity index is 470. The number of alkyl halides is 1. The van der Waals surface area contributed by atoms with Gasteiger partial charge in [-0.2, -0.15) is 0 Å². The minimum Gasteiger partial charge on any atom is -0.507 e. The molecule has 2 rings (SSSR count). The molecule has 1 aliphatic carbocycles. The third-order valence-electron chi connectivity index (χ3n) is 3.64.